The van der Waals surface area contributed by atoms with Crippen LogP contribution in [0.15, 0.2) is 36.9 Å². The summed E-state index contributed by atoms with van der Waals surface area (Å²) < 4.78 is 2.60. The van der Waals surface area contributed by atoms with Gasteiger partial charge in [-0.25, -0.2) is 0 Å². The molecule has 0 saturated heterocycles. The summed E-state index contributed by atoms with van der Waals surface area (Å²) in [5.41, 5.74) is 2.94. The summed E-state index contributed by atoms with van der Waals surface area (Å²) in [4.78, 5) is 8.79. The summed E-state index contributed by atoms with van der Waals surface area (Å²) in [5.74, 6) is 0.640. The van der Waals surface area contributed by atoms with E-state index in [9.17, 15) is 0 Å². The van der Waals surface area contributed by atoms with Crippen molar-refractivity contribution in [1.29, 1.82) is 0 Å². The molecule has 0 radical (unpaired) electrons. The molecule has 3 nitrogen and oxygen atoms in total. The number of hydrogen-bond donors (Lipinski definition) is 0. The van der Waals surface area contributed by atoms with Crippen LogP contribution in [0.2, 0.25) is 0 Å². The van der Waals surface area contributed by atoms with Gasteiger partial charge >= 0.3 is 0 Å². The predicted octanol–water partition coefficient (Wildman–Crippen LogP) is 7.17. The molecule has 0 aromatic carbocycles. The molecule has 3 aromatic heterocycles. The van der Waals surface area contributed by atoms with Gasteiger partial charge < -0.3 is 4.57 Å². The molecular formula is C24H35N3. The smallest absolute Gasteiger partial charge is 0.0525 e. The normalized spacial score (nSPS) is 14.7. The topological polar surface area (TPSA) is 30.7 Å². The molecule has 3 rings (SSSR count). The Hall–Kier alpha value is -1.90. The highest BCUT2D eigenvalue weighted by Gasteiger charge is 2.29. The van der Waals surface area contributed by atoms with Crippen LogP contribution in [-0.4, -0.2) is 14.5 Å². The molecule has 146 valence electrons. The van der Waals surface area contributed by atoms with E-state index in [1.807, 2.05) is 24.8 Å². The number of hydrogen-bond acceptors (Lipinski definition) is 2. The second kappa shape index (κ2) is 8.41. The Balaban J connectivity index is 2.15. The maximum absolute atomic E-state index is 4.39. The molecule has 0 N–H and O–H groups in total. The molecule has 0 aliphatic heterocycles. The number of nitrogens with zero attached hydrogens (tertiary/aromatic N) is 3. The van der Waals surface area contributed by atoms with E-state index in [0.29, 0.717) is 17.4 Å². The van der Waals surface area contributed by atoms with Crippen molar-refractivity contribution in [3.05, 3.63) is 36.9 Å². The molecule has 0 aliphatic carbocycles. The molecule has 0 fully saturated rings. The van der Waals surface area contributed by atoms with Crippen LogP contribution in [0, 0.1) is 11.3 Å². The van der Waals surface area contributed by atoms with Crippen LogP contribution in [0.25, 0.3) is 21.8 Å². The van der Waals surface area contributed by atoms with Crippen LogP contribution >= 0.6 is 0 Å². The second-order valence-corrected chi connectivity index (χ2v) is 8.96. The zero-order valence-electron chi connectivity index (χ0n) is 17.7. The van der Waals surface area contributed by atoms with Gasteiger partial charge in [-0.2, -0.15) is 0 Å². The maximum atomic E-state index is 4.39. The Bertz CT molecular complexity index is 824. The van der Waals surface area contributed by atoms with Crippen molar-refractivity contribution < 1.29 is 0 Å². The first-order valence-corrected chi connectivity index (χ1v) is 10.7. The molecule has 0 saturated carbocycles. The largest absolute Gasteiger partial charge is 0.337 e. The van der Waals surface area contributed by atoms with Crippen LogP contribution < -0.4 is 0 Å². The van der Waals surface area contributed by atoms with E-state index in [1.165, 1.54) is 60.3 Å². The van der Waals surface area contributed by atoms with Gasteiger partial charge in [-0.3, -0.25) is 9.97 Å². The zero-order valence-corrected chi connectivity index (χ0v) is 17.7. The quantitative estimate of drug-likeness (QED) is 0.402. The van der Waals surface area contributed by atoms with Crippen molar-refractivity contribution >= 4 is 21.8 Å². The molecule has 0 aliphatic rings. The number of pyridine rings is 2. The number of unbranched alkanes of at least 4 members (excludes halogenated alkanes) is 1. The fraction of sp³-hybridized carbons (Fsp3) is 0.583. The standard InChI is InChI=1S/C24H35N3/c1-6-8-9-18(3)23(15-24(4,5)12-7-2)27-21-10-13-25-16-19(21)20-17-26-14-11-22(20)27/h10-11,13-14,16-18,23H,6-9,12,15H2,1-5H3. The van der Waals surface area contributed by atoms with Crippen LogP contribution in [0.5, 0.6) is 0 Å². The number of rotatable bonds is 9. The van der Waals surface area contributed by atoms with E-state index in [1.54, 1.807) is 0 Å². The fourth-order valence-electron chi connectivity index (χ4n) is 4.71. The van der Waals surface area contributed by atoms with E-state index in [0.717, 1.165) is 0 Å². The van der Waals surface area contributed by atoms with E-state index in [2.05, 4.69) is 61.3 Å². The van der Waals surface area contributed by atoms with E-state index in [-0.39, 0.29) is 0 Å². The van der Waals surface area contributed by atoms with Gasteiger partial charge in [0, 0.05) is 41.6 Å². The van der Waals surface area contributed by atoms with Crippen molar-refractivity contribution in [2.24, 2.45) is 11.3 Å². The predicted molar refractivity (Wildman–Crippen MR) is 116 cm³/mol. The Morgan fingerprint density at radius 1 is 0.963 bits per heavy atom. The zero-order chi connectivity index (χ0) is 19.4. The van der Waals surface area contributed by atoms with Crippen LogP contribution in [0.1, 0.15) is 79.2 Å². The Labute approximate surface area is 164 Å². The average Bonchev–Trinajstić information content (AvgIpc) is 2.98. The molecule has 0 spiro atoms. The molecule has 0 bridgehead atoms. The van der Waals surface area contributed by atoms with Gasteiger partial charge in [-0.05, 0) is 42.7 Å². The molecule has 27 heavy (non-hydrogen) atoms. The Morgan fingerprint density at radius 2 is 1.56 bits per heavy atom. The fourth-order valence-corrected chi connectivity index (χ4v) is 4.71. The van der Waals surface area contributed by atoms with Gasteiger partial charge in [-0.15, -0.1) is 0 Å². The average molecular weight is 366 g/mol. The van der Waals surface area contributed by atoms with Gasteiger partial charge in [-0.1, -0.05) is 53.9 Å². The first-order valence-electron chi connectivity index (χ1n) is 10.7. The van der Waals surface area contributed by atoms with Gasteiger partial charge in [0.2, 0.25) is 0 Å². The lowest BCUT2D eigenvalue weighted by atomic mass is 9.77. The summed E-state index contributed by atoms with van der Waals surface area (Å²) >= 11 is 0. The van der Waals surface area contributed by atoms with Crippen LogP contribution in [-0.2, 0) is 0 Å². The van der Waals surface area contributed by atoms with Gasteiger partial charge in [0.25, 0.3) is 0 Å². The number of fused-ring (bicyclic) bond motifs is 3. The highest BCUT2D eigenvalue weighted by atomic mass is 15.0. The molecule has 3 aromatic rings. The number of aromatic nitrogens is 3. The summed E-state index contributed by atoms with van der Waals surface area (Å²) in [6, 6.07) is 4.85. The van der Waals surface area contributed by atoms with Crippen molar-refractivity contribution in [2.75, 3.05) is 0 Å². The third kappa shape index (κ3) is 4.17. The summed E-state index contributed by atoms with van der Waals surface area (Å²) in [6.45, 7) is 11.9. The third-order valence-electron chi connectivity index (χ3n) is 6.10. The van der Waals surface area contributed by atoms with Crippen molar-refractivity contribution in [3.63, 3.8) is 0 Å². The molecule has 3 heterocycles. The molecule has 0 amide bonds. The summed E-state index contributed by atoms with van der Waals surface area (Å²) in [7, 11) is 0. The Morgan fingerprint density at radius 3 is 2.07 bits per heavy atom. The monoisotopic (exact) mass is 365 g/mol. The minimum Gasteiger partial charge on any atom is -0.337 e. The lowest BCUT2D eigenvalue weighted by Gasteiger charge is -2.35. The maximum Gasteiger partial charge on any atom is 0.0525 e. The minimum atomic E-state index is 0.336. The highest BCUT2D eigenvalue weighted by Crippen LogP contribution is 2.42. The van der Waals surface area contributed by atoms with Gasteiger partial charge in [0.15, 0.2) is 0 Å². The van der Waals surface area contributed by atoms with Crippen LogP contribution in [0.3, 0.4) is 0 Å². The first-order chi connectivity index (χ1) is 13.0. The third-order valence-corrected chi connectivity index (χ3v) is 6.10. The van der Waals surface area contributed by atoms with Crippen LogP contribution in [0.4, 0.5) is 0 Å². The highest BCUT2D eigenvalue weighted by molar-refractivity contribution is 6.07. The van der Waals surface area contributed by atoms with Gasteiger partial charge in [0.1, 0.15) is 0 Å². The van der Waals surface area contributed by atoms with Gasteiger partial charge in [0.05, 0.1) is 11.0 Å². The lowest BCUT2D eigenvalue weighted by Crippen LogP contribution is -2.25. The summed E-state index contributed by atoms with van der Waals surface area (Å²) in [6.07, 6.45) is 15.4. The molecule has 3 heteroatoms. The van der Waals surface area contributed by atoms with E-state index < -0.39 is 0 Å². The first kappa shape index (κ1) is 19.9. The SMILES string of the molecule is CCCCC(C)C(CC(C)(C)CCC)n1c2ccncc2c2cnccc21. The van der Waals surface area contributed by atoms with E-state index >= 15 is 0 Å². The van der Waals surface area contributed by atoms with Crippen molar-refractivity contribution in [3.8, 4) is 0 Å². The Kier molecular flexibility index (Phi) is 6.18. The molecule has 2 atom stereocenters. The van der Waals surface area contributed by atoms with E-state index in [4.69, 9.17) is 0 Å². The molecule has 2 unspecified atom stereocenters. The lowest BCUT2D eigenvalue weighted by molar-refractivity contribution is 0.203. The van der Waals surface area contributed by atoms with Crippen molar-refractivity contribution in [2.45, 2.75) is 79.2 Å². The summed E-state index contributed by atoms with van der Waals surface area (Å²) in [5, 5.41) is 2.45. The minimum absolute atomic E-state index is 0.336. The van der Waals surface area contributed by atoms with Crippen molar-refractivity contribution in [1.82, 2.24) is 14.5 Å². The second-order valence-electron chi connectivity index (χ2n) is 8.96. The molecular weight excluding hydrogens is 330 g/mol.